The van der Waals surface area contributed by atoms with E-state index in [4.69, 9.17) is 0 Å². The molecule has 0 aliphatic heterocycles. The van der Waals surface area contributed by atoms with Crippen LogP contribution in [-0.2, 0) is 6.54 Å². The van der Waals surface area contributed by atoms with E-state index in [1.165, 1.54) is 5.56 Å². The van der Waals surface area contributed by atoms with Crippen molar-refractivity contribution in [1.29, 1.82) is 0 Å². The summed E-state index contributed by atoms with van der Waals surface area (Å²) in [5.74, 6) is 0. The van der Waals surface area contributed by atoms with Crippen LogP contribution in [0.4, 0.5) is 5.69 Å². The van der Waals surface area contributed by atoms with E-state index < -0.39 is 5.60 Å². The zero-order valence-electron chi connectivity index (χ0n) is 11.7. The summed E-state index contributed by atoms with van der Waals surface area (Å²) < 4.78 is 1.12. The molecule has 19 heavy (non-hydrogen) atoms. The van der Waals surface area contributed by atoms with Crippen molar-refractivity contribution in [2.75, 3.05) is 25.5 Å². The normalized spacial score (nSPS) is 17.7. The fourth-order valence-corrected chi connectivity index (χ4v) is 3.34. The van der Waals surface area contributed by atoms with Crippen LogP contribution in [0.2, 0.25) is 0 Å². The highest BCUT2D eigenvalue weighted by atomic mass is 79.9. The lowest BCUT2D eigenvalue weighted by molar-refractivity contribution is 0.0559. The number of halogens is 1. The molecule has 0 atom stereocenters. The van der Waals surface area contributed by atoms with E-state index in [9.17, 15) is 5.11 Å². The molecule has 0 aromatic heterocycles. The quantitative estimate of drug-likeness (QED) is 0.873. The molecule has 4 heteroatoms. The summed E-state index contributed by atoms with van der Waals surface area (Å²) in [5, 5.41) is 13.6. The van der Waals surface area contributed by atoms with Gasteiger partial charge in [0, 0.05) is 30.3 Å². The molecular formula is C15H23BrN2O. The van der Waals surface area contributed by atoms with Gasteiger partial charge in [0.1, 0.15) is 0 Å². The number of aliphatic hydroxyl groups is 1. The van der Waals surface area contributed by atoms with Gasteiger partial charge in [-0.1, -0.05) is 34.8 Å². The van der Waals surface area contributed by atoms with Gasteiger partial charge < -0.3 is 15.3 Å². The summed E-state index contributed by atoms with van der Waals surface area (Å²) in [6.45, 7) is 1.57. The number of likely N-dealkylation sites (N-methyl/N-ethyl adjacent to an activating group) is 1. The minimum Gasteiger partial charge on any atom is -0.388 e. The van der Waals surface area contributed by atoms with Crippen molar-refractivity contribution in [1.82, 2.24) is 5.32 Å². The summed E-state index contributed by atoms with van der Waals surface area (Å²) >= 11 is 3.61. The lowest BCUT2D eigenvalue weighted by Crippen LogP contribution is -2.39. The number of nitrogens with zero attached hydrogens (tertiary/aromatic N) is 1. The van der Waals surface area contributed by atoms with Crippen LogP contribution < -0.4 is 10.2 Å². The van der Waals surface area contributed by atoms with Gasteiger partial charge in [-0.2, -0.15) is 0 Å². The first-order valence-corrected chi connectivity index (χ1v) is 7.70. The number of hydrogen-bond acceptors (Lipinski definition) is 3. The van der Waals surface area contributed by atoms with E-state index in [1.807, 2.05) is 7.05 Å². The van der Waals surface area contributed by atoms with Gasteiger partial charge in [-0.05, 0) is 37.6 Å². The Kier molecular flexibility index (Phi) is 4.87. The molecule has 1 aromatic carbocycles. The minimum atomic E-state index is -0.495. The molecule has 1 aliphatic rings. The van der Waals surface area contributed by atoms with Crippen molar-refractivity contribution in [2.45, 2.75) is 37.8 Å². The van der Waals surface area contributed by atoms with E-state index in [0.717, 1.165) is 42.4 Å². The predicted octanol–water partition coefficient (Wildman–Crippen LogP) is 2.91. The first-order chi connectivity index (χ1) is 9.04. The van der Waals surface area contributed by atoms with Gasteiger partial charge in [0.25, 0.3) is 0 Å². The fourth-order valence-electron chi connectivity index (χ4n) is 2.83. The highest BCUT2D eigenvalue weighted by Gasteiger charge is 2.32. The number of rotatable bonds is 5. The summed E-state index contributed by atoms with van der Waals surface area (Å²) in [6, 6.07) is 6.38. The van der Waals surface area contributed by atoms with Crippen molar-refractivity contribution >= 4 is 21.6 Å². The summed E-state index contributed by atoms with van der Waals surface area (Å²) in [5.41, 5.74) is 1.90. The van der Waals surface area contributed by atoms with Crippen LogP contribution in [-0.4, -0.2) is 31.3 Å². The molecule has 106 valence electrons. The van der Waals surface area contributed by atoms with E-state index in [-0.39, 0.29) is 0 Å². The topological polar surface area (TPSA) is 35.5 Å². The Morgan fingerprint density at radius 2 is 2.05 bits per heavy atom. The van der Waals surface area contributed by atoms with Gasteiger partial charge >= 0.3 is 0 Å². The standard InChI is InChI=1S/C15H23BrN2O/c1-17-10-12-5-6-13(9-14(12)16)18(2)11-15(19)7-3-4-8-15/h5-6,9,17,19H,3-4,7-8,10-11H2,1-2H3. The minimum absolute atomic E-state index is 0.495. The molecule has 0 radical (unpaired) electrons. The molecule has 1 aromatic rings. The lowest BCUT2D eigenvalue weighted by Gasteiger charge is -2.30. The number of benzene rings is 1. The predicted molar refractivity (Wildman–Crippen MR) is 83.6 cm³/mol. The zero-order chi connectivity index (χ0) is 13.9. The van der Waals surface area contributed by atoms with Gasteiger partial charge in [-0.3, -0.25) is 0 Å². The van der Waals surface area contributed by atoms with E-state index in [1.54, 1.807) is 0 Å². The van der Waals surface area contributed by atoms with Crippen molar-refractivity contribution in [3.8, 4) is 0 Å². The molecule has 3 nitrogen and oxygen atoms in total. The van der Waals surface area contributed by atoms with Crippen LogP contribution in [0, 0.1) is 0 Å². The maximum Gasteiger partial charge on any atom is 0.0821 e. The van der Waals surface area contributed by atoms with Gasteiger partial charge in [-0.15, -0.1) is 0 Å². The second-order valence-electron chi connectivity index (χ2n) is 5.59. The molecule has 1 saturated carbocycles. The first kappa shape index (κ1) is 14.8. The van der Waals surface area contributed by atoms with Crippen LogP contribution in [0.1, 0.15) is 31.2 Å². The second-order valence-corrected chi connectivity index (χ2v) is 6.45. The third-order valence-corrected chi connectivity index (χ3v) is 4.65. The van der Waals surface area contributed by atoms with E-state index in [0.29, 0.717) is 6.54 Å². The third-order valence-electron chi connectivity index (χ3n) is 3.91. The van der Waals surface area contributed by atoms with Gasteiger partial charge in [0.05, 0.1) is 5.60 Å². The van der Waals surface area contributed by atoms with Crippen LogP contribution in [0.5, 0.6) is 0 Å². The van der Waals surface area contributed by atoms with Crippen molar-refractivity contribution < 1.29 is 5.11 Å². The van der Waals surface area contributed by atoms with E-state index in [2.05, 4.69) is 51.4 Å². The average Bonchev–Trinajstić information content (AvgIpc) is 2.78. The smallest absolute Gasteiger partial charge is 0.0821 e. The fraction of sp³-hybridized carbons (Fsp3) is 0.600. The van der Waals surface area contributed by atoms with Crippen molar-refractivity contribution in [3.05, 3.63) is 28.2 Å². The lowest BCUT2D eigenvalue weighted by atomic mass is 10.0. The largest absolute Gasteiger partial charge is 0.388 e. The Morgan fingerprint density at radius 3 is 2.63 bits per heavy atom. The number of nitrogens with one attached hydrogen (secondary N) is 1. The molecule has 1 fully saturated rings. The maximum atomic E-state index is 10.5. The van der Waals surface area contributed by atoms with Crippen molar-refractivity contribution in [2.24, 2.45) is 0 Å². The van der Waals surface area contributed by atoms with Crippen LogP contribution in [0.15, 0.2) is 22.7 Å². The monoisotopic (exact) mass is 326 g/mol. The molecule has 0 amide bonds. The zero-order valence-corrected chi connectivity index (χ0v) is 13.3. The first-order valence-electron chi connectivity index (χ1n) is 6.91. The second kappa shape index (κ2) is 6.25. The number of hydrogen-bond donors (Lipinski definition) is 2. The molecule has 2 N–H and O–H groups in total. The highest BCUT2D eigenvalue weighted by molar-refractivity contribution is 9.10. The number of anilines is 1. The molecular weight excluding hydrogens is 304 g/mol. The van der Waals surface area contributed by atoms with Gasteiger partial charge in [0.2, 0.25) is 0 Å². The third kappa shape index (κ3) is 3.71. The maximum absolute atomic E-state index is 10.5. The molecule has 1 aliphatic carbocycles. The Balaban J connectivity index is 2.06. The Morgan fingerprint density at radius 1 is 1.37 bits per heavy atom. The molecule has 2 rings (SSSR count). The molecule has 0 heterocycles. The SMILES string of the molecule is CNCc1ccc(N(C)CC2(O)CCCC2)cc1Br. The Labute approximate surface area is 124 Å². The summed E-state index contributed by atoms with van der Waals surface area (Å²) in [4.78, 5) is 2.15. The van der Waals surface area contributed by atoms with Gasteiger partial charge in [0.15, 0.2) is 0 Å². The van der Waals surface area contributed by atoms with Crippen LogP contribution in [0.25, 0.3) is 0 Å². The highest BCUT2D eigenvalue weighted by Crippen LogP contribution is 2.32. The Bertz CT molecular complexity index is 430. The molecule has 0 spiro atoms. The van der Waals surface area contributed by atoms with Crippen molar-refractivity contribution in [3.63, 3.8) is 0 Å². The summed E-state index contributed by atoms with van der Waals surface area (Å²) in [7, 11) is 4.00. The van der Waals surface area contributed by atoms with Gasteiger partial charge in [-0.25, -0.2) is 0 Å². The van der Waals surface area contributed by atoms with Crippen LogP contribution in [0.3, 0.4) is 0 Å². The average molecular weight is 327 g/mol. The van der Waals surface area contributed by atoms with Crippen LogP contribution >= 0.6 is 15.9 Å². The van der Waals surface area contributed by atoms with E-state index >= 15 is 0 Å². The molecule has 0 bridgehead atoms. The summed E-state index contributed by atoms with van der Waals surface area (Å²) in [6.07, 6.45) is 4.15. The molecule has 0 saturated heterocycles. The molecule has 0 unspecified atom stereocenters. The Hall–Kier alpha value is -0.580.